The molecule has 26 heavy (non-hydrogen) atoms. The van der Waals surface area contributed by atoms with Crippen LogP contribution in [0.3, 0.4) is 0 Å². The number of amides is 3. The number of benzene rings is 1. The highest BCUT2D eigenvalue weighted by Gasteiger charge is 2.56. The Hall–Kier alpha value is -2.70. The molecule has 1 aliphatic carbocycles. The number of ketones is 1. The van der Waals surface area contributed by atoms with Crippen molar-refractivity contribution < 1.29 is 23.9 Å². The third-order valence-electron chi connectivity index (χ3n) is 5.03. The predicted octanol–water partition coefficient (Wildman–Crippen LogP) is 1.70. The smallest absolute Gasteiger partial charge is 0.326 e. The number of aryl methyl sites for hydroxylation is 1. The first-order valence-corrected chi connectivity index (χ1v) is 8.77. The molecule has 1 heterocycles. The van der Waals surface area contributed by atoms with E-state index in [4.69, 9.17) is 4.74 Å². The van der Waals surface area contributed by atoms with Crippen molar-refractivity contribution >= 4 is 23.7 Å². The van der Waals surface area contributed by atoms with Crippen molar-refractivity contribution in [2.45, 2.75) is 38.6 Å². The first-order chi connectivity index (χ1) is 12.3. The second-order valence-electron chi connectivity index (χ2n) is 6.93. The van der Waals surface area contributed by atoms with Crippen LogP contribution in [0.4, 0.5) is 4.79 Å². The van der Waals surface area contributed by atoms with E-state index in [0.29, 0.717) is 5.56 Å². The molecular formula is C19H22N2O5. The Labute approximate surface area is 151 Å². The largest absolute Gasteiger partial charge is 0.456 e. The fraction of sp³-hybridized carbons (Fsp3) is 0.474. The molecule has 7 nitrogen and oxygen atoms in total. The van der Waals surface area contributed by atoms with Crippen LogP contribution in [0.5, 0.6) is 0 Å². The predicted molar refractivity (Wildman–Crippen MR) is 92.5 cm³/mol. The Balaban J connectivity index is 1.53. The summed E-state index contributed by atoms with van der Waals surface area (Å²) >= 11 is 0. The maximum Gasteiger partial charge on any atom is 0.326 e. The van der Waals surface area contributed by atoms with Crippen LogP contribution in [-0.2, 0) is 20.7 Å². The number of nitrogens with one attached hydrogen (secondary N) is 1. The van der Waals surface area contributed by atoms with E-state index in [-0.39, 0.29) is 11.7 Å². The van der Waals surface area contributed by atoms with Crippen molar-refractivity contribution in [3.05, 3.63) is 35.4 Å². The quantitative estimate of drug-likeness (QED) is 0.455. The van der Waals surface area contributed by atoms with Crippen LogP contribution >= 0.6 is 0 Å². The molecule has 1 saturated heterocycles. The molecule has 2 fully saturated rings. The van der Waals surface area contributed by atoms with E-state index in [1.54, 1.807) is 19.1 Å². The molecule has 0 spiro atoms. The molecule has 1 N–H and O–H groups in total. The Kier molecular flexibility index (Phi) is 4.80. The lowest BCUT2D eigenvalue weighted by Gasteiger charge is -2.20. The van der Waals surface area contributed by atoms with Crippen molar-refractivity contribution in [3.63, 3.8) is 0 Å². The van der Waals surface area contributed by atoms with Crippen molar-refractivity contribution in [2.75, 3.05) is 13.2 Å². The minimum absolute atomic E-state index is 0.118. The van der Waals surface area contributed by atoms with Crippen LogP contribution in [0.15, 0.2) is 24.3 Å². The molecule has 0 radical (unpaired) electrons. The minimum Gasteiger partial charge on any atom is -0.456 e. The Morgan fingerprint density at radius 2 is 1.88 bits per heavy atom. The molecule has 138 valence electrons. The van der Waals surface area contributed by atoms with E-state index >= 15 is 0 Å². The second kappa shape index (κ2) is 6.90. The molecule has 0 aromatic heterocycles. The number of imide groups is 1. The van der Waals surface area contributed by atoms with E-state index in [1.165, 1.54) is 0 Å². The van der Waals surface area contributed by atoms with Gasteiger partial charge in [0.1, 0.15) is 12.1 Å². The maximum atomic E-state index is 12.4. The van der Waals surface area contributed by atoms with Crippen LogP contribution < -0.4 is 5.32 Å². The number of ether oxygens (including phenoxy) is 1. The summed E-state index contributed by atoms with van der Waals surface area (Å²) in [6.07, 6.45) is 2.63. The topological polar surface area (TPSA) is 92.8 Å². The van der Waals surface area contributed by atoms with Crippen LogP contribution in [0, 0.1) is 5.92 Å². The summed E-state index contributed by atoms with van der Waals surface area (Å²) in [4.78, 5) is 49.4. The summed E-state index contributed by atoms with van der Waals surface area (Å²) in [7, 11) is 0. The van der Waals surface area contributed by atoms with Gasteiger partial charge in [0.15, 0.2) is 12.4 Å². The first kappa shape index (κ1) is 18.1. The third-order valence-corrected chi connectivity index (χ3v) is 5.03. The molecule has 1 aliphatic heterocycles. The standard InChI is InChI=1S/C19H22N2O5/c1-3-12-4-6-13(7-5-12)15(22)11-26-16(23)10-21-17(24)19(2,14-8-9-14)20-18(21)25/h4-7,14H,3,8-11H2,1-2H3,(H,20,25)/t19-/m0/s1. The van der Waals surface area contributed by atoms with E-state index in [0.717, 1.165) is 29.7 Å². The van der Waals surface area contributed by atoms with E-state index in [9.17, 15) is 19.2 Å². The normalized spacial score (nSPS) is 22.3. The summed E-state index contributed by atoms with van der Waals surface area (Å²) in [5, 5.41) is 2.66. The number of carbonyl (C=O) groups excluding carboxylic acids is 4. The van der Waals surface area contributed by atoms with Crippen LogP contribution in [0.25, 0.3) is 0 Å². The van der Waals surface area contributed by atoms with Crippen molar-refractivity contribution in [2.24, 2.45) is 5.92 Å². The van der Waals surface area contributed by atoms with Gasteiger partial charge in [0.2, 0.25) is 0 Å². The molecule has 7 heteroatoms. The van der Waals surface area contributed by atoms with Gasteiger partial charge in [-0.3, -0.25) is 19.3 Å². The van der Waals surface area contributed by atoms with Gasteiger partial charge in [0, 0.05) is 5.56 Å². The van der Waals surface area contributed by atoms with Crippen molar-refractivity contribution in [1.29, 1.82) is 0 Å². The highest BCUT2D eigenvalue weighted by molar-refractivity contribution is 6.09. The molecule has 0 bridgehead atoms. The second-order valence-corrected chi connectivity index (χ2v) is 6.93. The van der Waals surface area contributed by atoms with Gasteiger partial charge in [-0.2, -0.15) is 0 Å². The fourth-order valence-corrected chi connectivity index (χ4v) is 3.13. The number of nitrogens with zero attached hydrogens (tertiary/aromatic N) is 1. The van der Waals surface area contributed by atoms with Gasteiger partial charge in [-0.05, 0) is 37.7 Å². The number of esters is 1. The zero-order valence-corrected chi connectivity index (χ0v) is 14.9. The van der Waals surface area contributed by atoms with E-state index in [2.05, 4.69) is 5.32 Å². The van der Waals surface area contributed by atoms with Gasteiger partial charge in [-0.1, -0.05) is 31.2 Å². The van der Waals surface area contributed by atoms with Gasteiger partial charge < -0.3 is 10.1 Å². The summed E-state index contributed by atoms with van der Waals surface area (Å²) in [5.41, 5.74) is 0.621. The zero-order valence-electron chi connectivity index (χ0n) is 14.9. The molecule has 3 rings (SSSR count). The molecule has 2 aliphatic rings. The Morgan fingerprint density at radius 3 is 2.46 bits per heavy atom. The molecule has 1 saturated carbocycles. The third kappa shape index (κ3) is 3.47. The van der Waals surface area contributed by atoms with Gasteiger partial charge in [0.25, 0.3) is 5.91 Å². The molecular weight excluding hydrogens is 336 g/mol. The van der Waals surface area contributed by atoms with Crippen LogP contribution in [0.1, 0.15) is 42.6 Å². The number of urea groups is 1. The summed E-state index contributed by atoms with van der Waals surface area (Å²) in [6.45, 7) is 2.78. The highest BCUT2D eigenvalue weighted by atomic mass is 16.5. The summed E-state index contributed by atoms with van der Waals surface area (Å²) in [6, 6.07) is 6.48. The SMILES string of the molecule is CCc1ccc(C(=O)COC(=O)CN2C(=O)N[C@@](C)(C3CC3)C2=O)cc1. The van der Waals surface area contributed by atoms with Crippen LogP contribution in [-0.4, -0.2) is 47.3 Å². The number of rotatable bonds is 7. The molecule has 0 unspecified atom stereocenters. The Morgan fingerprint density at radius 1 is 1.23 bits per heavy atom. The summed E-state index contributed by atoms with van der Waals surface area (Å²) < 4.78 is 4.96. The maximum absolute atomic E-state index is 12.4. The highest BCUT2D eigenvalue weighted by Crippen LogP contribution is 2.42. The average molecular weight is 358 g/mol. The molecule has 3 amide bonds. The number of Topliss-reactive ketones (excluding diaryl/α,β-unsaturated/α-hetero) is 1. The van der Waals surface area contributed by atoms with Crippen molar-refractivity contribution in [1.82, 2.24) is 10.2 Å². The number of hydrogen-bond donors (Lipinski definition) is 1. The lowest BCUT2D eigenvalue weighted by molar-refractivity contribution is -0.146. The molecule has 1 atom stereocenters. The van der Waals surface area contributed by atoms with Gasteiger partial charge in [0.05, 0.1) is 0 Å². The molecule has 1 aromatic carbocycles. The van der Waals surface area contributed by atoms with E-state index in [1.807, 2.05) is 19.1 Å². The first-order valence-electron chi connectivity index (χ1n) is 8.77. The van der Waals surface area contributed by atoms with Gasteiger partial charge in [-0.15, -0.1) is 0 Å². The Bertz CT molecular complexity index is 754. The van der Waals surface area contributed by atoms with Crippen molar-refractivity contribution in [3.8, 4) is 0 Å². The van der Waals surface area contributed by atoms with Gasteiger partial charge >= 0.3 is 12.0 Å². The monoisotopic (exact) mass is 358 g/mol. The number of carbonyl (C=O) groups is 4. The van der Waals surface area contributed by atoms with Crippen LogP contribution in [0.2, 0.25) is 0 Å². The summed E-state index contributed by atoms with van der Waals surface area (Å²) in [5.74, 6) is -1.41. The fourth-order valence-electron chi connectivity index (χ4n) is 3.13. The molecule has 1 aromatic rings. The zero-order chi connectivity index (χ0) is 18.9. The minimum atomic E-state index is -0.936. The van der Waals surface area contributed by atoms with E-state index < -0.39 is 36.6 Å². The van der Waals surface area contributed by atoms with Gasteiger partial charge in [-0.25, -0.2) is 4.79 Å². The average Bonchev–Trinajstić information content (AvgIpc) is 3.46. The number of hydrogen-bond acceptors (Lipinski definition) is 5. The lowest BCUT2D eigenvalue weighted by Crippen LogP contribution is -2.46. The lowest BCUT2D eigenvalue weighted by atomic mass is 9.96.